The molecule has 4 nitrogen and oxygen atoms in total. The third kappa shape index (κ3) is 1.99. The summed E-state index contributed by atoms with van der Waals surface area (Å²) in [5.74, 6) is 0. The van der Waals surface area contributed by atoms with Crippen LogP contribution in [0.2, 0.25) is 0 Å². The molecule has 0 aliphatic carbocycles. The molecule has 1 aromatic heterocycles. The van der Waals surface area contributed by atoms with Crippen LogP contribution in [0, 0.1) is 0 Å². The van der Waals surface area contributed by atoms with E-state index in [2.05, 4.69) is 15.5 Å². The molecule has 1 rings (SSSR count). The predicted octanol–water partition coefficient (Wildman–Crippen LogP) is 0.227. The summed E-state index contributed by atoms with van der Waals surface area (Å²) in [6.07, 6.45) is 2.56. The number of nitrogens with zero attached hydrogens (tertiary/aromatic N) is 2. The molecule has 0 amide bonds. The van der Waals surface area contributed by atoms with E-state index >= 15 is 0 Å². The molecule has 0 saturated carbocycles. The molecule has 1 unspecified atom stereocenters. The van der Waals surface area contributed by atoms with E-state index in [1.165, 1.54) is 0 Å². The smallest absolute Gasteiger partial charge is 0.121 e. The third-order valence-electron chi connectivity index (χ3n) is 0.960. The zero-order valence-corrected chi connectivity index (χ0v) is 5.65. The Morgan fingerprint density at radius 2 is 2.40 bits per heavy atom. The van der Waals surface area contributed by atoms with Crippen LogP contribution in [0.5, 0.6) is 0 Å². The van der Waals surface area contributed by atoms with Crippen molar-refractivity contribution in [3.05, 3.63) is 18.5 Å². The van der Waals surface area contributed by atoms with E-state index in [9.17, 15) is 0 Å². The van der Waals surface area contributed by atoms with Gasteiger partial charge >= 0.3 is 0 Å². The van der Waals surface area contributed by atoms with E-state index < -0.39 is 6.23 Å². The van der Waals surface area contributed by atoms with Crippen LogP contribution in [-0.2, 0) is 0 Å². The molecule has 0 aliphatic heterocycles. The Balaban J connectivity index is 2.59. The highest BCUT2D eigenvalue weighted by Crippen LogP contribution is 2.01. The zero-order chi connectivity index (χ0) is 7.40. The first kappa shape index (κ1) is 6.95. The Morgan fingerprint density at radius 3 is 2.90 bits per heavy atom. The fraction of sp³-hybridized carbons (Fsp3) is 0.333. The fourth-order valence-electron chi connectivity index (χ4n) is 0.617. The Labute approximate surface area is 58.9 Å². The first-order valence-corrected chi connectivity index (χ1v) is 3.00. The number of aromatic nitrogens is 2. The Hall–Kier alpha value is -1.16. The molecule has 0 fully saturated rings. The number of hydrogen-bond acceptors (Lipinski definition) is 4. The summed E-state index contributed by atoms with van der Waals surface area (Å²) >= 11 is 0. The van der Waals surface area contributed by atoms with Gasteiger partial charge in [0, 0.05) is 0 Å². The molecule has 0 aromatic carbocycles. The monoisotopic (exact) mass is 139 g/mol. The van der Waals surface area contributed by atoms with Gasteiger partial charge in [-0.3, -0.25) is 0 Å². The molecule has 1 aromatic rings. The van der Waals surface area contributed by atoms with Gasteiger partial charge < -0.3 is 10.4 Å². The van der Waals surface area contributed by atoms with Crippen LogP contribution in [0.1, 0.15) is 6.92 Å². The van der Waals surface area contributed by atoms with Gasteiger partial charge in [0.2, 0.25) is 0 Å². The normalized spacial score (nSPS) is 12.6. The second kappa shape index (κ2) is 3.12. The van der Waals surface area contributed by atoms with Gasteiger partial charge in [-0.05, 0) is 13.0 Å². The first-order valence-electron chi connectivity index (χ1n) is 3.00. The molecule has 0 spiro atoms. The summed E-state index contributed by atoms with van der Waals surface area (Å²) in [6.45, 7) is 1.64. The molecular weight excluding hydrogens is 130 g/mol. The number of hydrogen-bond donors (Lipinski definition) is 2. The molecule has 0 aliphatic rings. The topological polar surface area (TPSA) is 58.0 Å². The summed E-state index contributed by atoms with van der Waals surface area (Å²) in [5.41, 5.74) is 0.769. The van der Waals surface area contributed by atoms with Crippen molar-refractivity contribution in [1.82, 2.24) is 10.2 Å². The minimum atomic E-state index is -0.552. The van der Waals surface area contributed by atoms with Crippen LogP contribution in [0.4, 0.5) is 5.69 Å². The number of anilines is 1. The molecule has 4 heteroatoms. The van der Waals surface area contributed by atoms with Crippen LogP contribution < -0.4 is 5.32 Å². The second-order valence-corrected chi connectivity index (χ2v) is 1.95. The summed E-state index contributed by atoms with van der Waals surface area (Å²) < 4.78 is 0. The summed E-state index contributed by atoms with van der Waals surface area (Å²) in [7, 11) is 0. The molecule has 1 atom stereocenters. The van der Waals surface area contributed by atoms with Gasteiger partial charge in [-0.2, -0.15) is 10.2 Å². The van der Waals surface area contributed by atoms with Crippen molar-refractivity contribution in [3.8, 4) is 0 Å². The minimum Gasteiger partial charge on any atom is -0.374 e. The van der Waals surface area contributed by atoms with Crippen LogP contribution in [0.15, 0.2) is 18.5 Å². The largest absolute Gasteiger partial charge is 0.374 e. The van der Waals surface area contributed by atoms with E-state index in [4.69, 9.17) is 5.11 Å². The van der Waals surface area contributed by atoms with Gasteiger partial charge in [0.25, 0.3) is 0 Å². The van der Waals surface area contributed by atoms with Gasteiger partial charge in [-0.15, -0.1) is 0 Å². The predicted molar refractivity (Wildman–Crippen MR) is 37.3 cm³/mol. The van der Waals surface area contributed by atoms with E-state index in [1.54, 1.807) is 25.4 Å². The fourth-order valence-corrected chi connectivity index (χ4v) is 0.617. The Morgan fingerprint density at radius 1 is 1.60 bits per heavy atom. The van der Waals surface area contributed by atoms with Gasteiger partial charge in [0.15, 0.2) is 0 Å². The maximum atomic E-state index is 8.85. The lowest BCUT2D eigenvalue weighted by Gasteiger charge is -2.06. The highest BCUT2D eigenvalue weighted by atomic mass is 16.3. The van der Waals surface area contributed by atoms with E-state index in [1.807, 2.05) is 0 Å². The third-order valence-corrected chi connectivity index (χ3v) is 0.960. The second-order valence-electron chi connectivity index (χ2n) is 1.95. The number of aliphatic hydroxyl groups excluding tert-OH is 1. The van der Waals surface area contributed by atoms with Crippen molar-refractivity contribution in [2.24, 2.45) is 0 Å². The van der Waals surface area contributed by atoms with Gasteiger partial charge in [-0.25, -0.2) is 0 Å². The molecule has 54 valence electrons. The molecule has 2 N–H and O–H groups in total. The lowest BCUT2D eigenvalue weighted by atomic mass is 10.4. The molecule has 0 radical (unpaired) electrons. The van der Waals surface area contributed by atoms with E-state index in [0.717, 1.165) is 5.69 Å². The van der Waals surface area contributed by atoms with Crippen molar-refractivity contribution in [3.63, 3.8) is 0 Å². The van der Waals surface area contributed by atoms with Crippen LogP contribution in [-0.4, -0.2) is 21.5 Å². The average Bonchev–Trinajstić information content (AvgIpc) is 1.88. The van der Waals surface area contributed by atoms with Gasteiger partial charge in [0.1, 0.15) is 6.23 Å². The van der Waals surface area contributed by atoms with Gasteiger partial charge in [0.05, 0.1) is 18.1 Å². The molecule has 0 bridgehead atoms. The lowest BCUT2D eigenvalue weighted by molar-refractivity contribution is 0.224. The maximum absolute atomic E-state index is 8.85. The SMILES string of the molecule is CC(O)Nc1ccnnc1. The van der Waals surface area contributed by atoms with Crippen molar-refractivity contribution >= 4 is 5.69 Å². The van der Waals surface area contributed by atoms with Crippen molar-refractivity contribution in [2.45, 2.75) is 13.2 Å². The van der Waals surface area contributed by atoms with E-state index in [0.29, 0.717) is 0 Å². The standard InChI is InChI=1S/C6H9N3O/c1-5(10)9-6-2-3-7-8-4-6/h2-5,10H,1H3,(H,7,9). The van der Waals surface area contributed by atoms with Crippen molar-refractivity contribution < 1.29 is 5.11 Å². The number of nitrogens with one attached hydrogen (secondary N) is 1. The zero-order valence-electron chi connectivity index (χ0n) is 5.65. The number of rotatable bonds is 2. The van der Waals surface area contributed by atoms with Gasteiger partial charge in [-0.1, -0.05) is 0 Å². The molecule has 10 heavy (non-hydrogen) atoms. The highest BCUT2D eigenvalue weighted by molar-refractivity contribution is 5.38. The summed E-state index contributed by atoms with van der Waals surface area (Å²) in [4.78, 5) is 0. The Kier molecular flexibility index (Phi) is 2.17. The van der Waals surface area contributed by atoms with Crippen LogP contribution in [0.25, 0.3) is 0 Å². The van der Waals surface area contributed by atoms with E-state index in [-0.39, 0.29) is 0 Å². The van der Waals surface area contributed by atoms with Crippen LogP contribution in [0.3, 0.4) is 0 Å². The van der Waals surface area contributed by atoms with Crippen molar-refractivity contribution in [2.75, 3.05) is 5.32 Å². The molecule has 1 heterocycles. The lowest BCUT2D eigenvalue weighted by Crippen LogP contribution is -2.13. The van der Waals surface area contributed by atoms with Crippen molar-refractivity contribution in [1.29, 1.82) is 0 Å². The first-order chi connectivity index (χ1) is 4.79. The maximum Gasteiger partial charge on any atom is 0.121 e. The summed E-state index contributed by atoms with van der Waals surface area (Å²) in [6, 6.07) is 1.74. The summed E-state index contributed by atoms with van der Waals surface area (Å²) in [5, 5.41) is 18.8. The number of aliphatic hydroxyl groups is 1. The molecular formula is C6H9N3O. The minimum absolute atomic E-state index is 0.552. The van der Waals surface area contributed by atoms with Crippen LogP contribution >= 0.6 is 0 Å². The highest BCUT2D eigenvalue weighted by Gasteiger charge is 1.93. The Bertz CT molecular complexity index is 187. The quantitative estimate of drug-likeness (QED) is 0.576. The molecule has 0 saturated heterocycles. The average molecular weight is 139 g/mol.